The molecule has 0 aromatic rings. The molecule has 0 aromatic carbocycles. The minimum atomic E-state index is 0. The van der Waals surface area contributed by atoms with E-state index >= 15 is 0 Å². The summed E-state index contributed by atoms with van der Waals surface area (Å²) in [6, 6.07) is 0. The summed E-state index contributed by atoms with van der Waals surface area (Å²) in [5.41, 5.74) is 0. The Bertz CT molecular complexity index is 255. The molecule has 78 valence electrons. The van der Waals surface area contributed by atoms with Crippen LogP contribution < -0.4 is 0 Å². The molecule has 15 heavy (non-hydrogen) atoms. The Morgan fingerprint density at radius 3 is 2.60 bits per heavy atom. The molecule has 1 N–H and O–H groups in total. The monoisotopic (exact) mass is 280 g/mol. The van der Waals surface area contributed by atoms with Crippen molar-refractivity contribution in [2.24, 2.45) is 0 Å². The van der Waals surface area contributed by atoms with Gasteiger partial charge < -0.3 is 9.84 Å². The first-order valence-corrected chi connectivity index (χ1v) is 4.66. The maximum Gasteiger partial charge on any atom is 2.00 e. The van der Waals surface area contributed by atoms with E-state index in [9.17, 15) is 0 Å². The molecule has 2 nitrogen and oxygen atoms in total. The number of allylic oxidation sites excluding steroid dienone is 7. The Hall–Kier alpha value is -0.397. The van der Waals surface area contributed by atoms with Crippen molar-refractivity contribution in [1.82, 2.24) is 0 Å². The fourth-order valence-corrected chi connectivity index (χ4v) is 0.979. The zero-order chi connectivity index (χ0) is 10.1. The zero-order valence-corrected chi connectivity index (χ0v) is 11.0. The molecule has 0 saturated carbocycles. The van der Waals surface area contributed by atoms with Crippen molar-refractivity contribution in [2.45, 2.75) is 12.8 Å². The normalized spacial score (nSPS) is 15.4. The first-order valence-electron chi connectivity index (χ1n) is 4.66. The molecule has 0 spiro atoms. The molecule has 0 atom stereocenters. The van der Waals surface area contributed by atoms with Crippen molar-refractivity contribution in [1.29, 1.82) is 0 Å². The summed E-state index contributed by atoms with van der Waals surface area (Å²) in [5.74, 6) is 0.754. The number of rotatable bonds is 3. The maximum absolute atomic E-state index is 8.34. The van der Waals surface area contributed by atoms with Gasteiger partial charge in [-0.1, -0.05) is 5.76 Å². The maximum atomic E-state index is 8.34. The van der Waals surface area contributed by atoms with E-state index in [1.807, 2.05) is 24.3 Å². The van der Waals surface area contributed by atoms with Crippen molar-refractivity contribution in [3.8, 4) is 0 Å². The standard InChI is InChI=1S/C7H9O2.C5H5.Zr/c8-5-6-9-7-3-1-2-4-7;1-2-4-5-3-1;/h1,3,8H,2,5-6H2;1-3H,4H2;/q2*-1;+2. The van der Waals surface area contributed by atoms with Gasteiger partial charge in [0.1, 0.15) is 6.61 Å². The van der Waals surface area contributed by atoms with Crippen molar-refractivity contribution < 1.29 is 36.0 Å². The van der Waals surface area contributed by atoms with Crippen LogP contribution in [0.25, 0.3) is 0 Å². The van der Waals surface area contributed by atoms with Gasteiger partial charge in [-0.15, -0.1) is 12.8 Å². The van der Waals surface area contributed by atoms with Gasteiger partial charge in [-0.25, -0.2) is 18.2 Å². The van der Waals surface area contributed by atoms with E-state index in [2.05, 4.69) is 18.2 Å². The molecule has 0 bridgehead atoms. The van der Waals surface area contributed by atoms with Crippen molar-refractivity contribution in [3.63, 3.8) is 0 Å². The van der Waals surface area contributed by atoms with Crippen LogP contribution in [0.1, 0.15) is 12.8 Å². The summed E-state index contributed by atoms with van der Waals surface area (Å²) in [6.07, 6.45) is 17.6. The summed E-state index contributed by atoms with van der Waals surface area (Å²) in [7, 11) is 0. The van der Waals surface area contributed by atoms with Crippen LogP contribution in [0.4, 0.5) is 0 Å². The number of ether oxygens (including phenoxy) is 1. The second-order valence-electron chi connectivity index (χ2n) is 2.72. The van der Waals surface area contributed by atoms with Crippen LogP contribution in [0.3, 0.4) is 0 Å². The molecule has 2 rings (SSSR count). The Balaban J connectivity index is 0.000000280. The summed E-state index contributed by atoms with van der Waals surface area (Å²) in [5, 5.41) is 8.34. The van der Waals surface area contributed by atoms with E-state index in [0.717, 1.165) is 18.6 Å². The molecule has 0 aliphatic heterocycles. The van der Waals surface area contributed by atoms with E-state index in [4.69, 9.17) is 9.84 Å². The molecule has 0 heterocycles. The third-order valence-corrected chi connectivity index (χ3v) is 1.60. The Morgan fingerprint density at radius 1 is 1.33 bits per heavy atom. The molecule has 0 radical (unpaired) electrons. The first kappa shape index (κ1) is 14.6. The number of aliphatic hydroxyl groups is 1. The van der Waals surface area contributed by atoms with Crippen LogP contribution in [-0.4, -0.2) is 18.3 Å². The Labute approximate surface area is 110 Å². The molecular formula is C12H14O2Zr. The van der Waals surface area contributed by atoms with Gasteiger partial charge in [0, 0.05) is 0 Å². The minimum absolute atomic E-state index is 0. The third-order valence-electron chi connectivity index (χ3n) is 1.60. The summed E-state index contributed by atoms with van der Waals surface area (Å²) in [4.78, 5) is 0. The average Bonchev–Trinajstić information content (AvgIpc) is 2.90. The second kappa shape index (κ2) is 10.1. The first-order chi connectivity index (χ1) is 6.93. The van der Waals surface area contributed by atoms with E-state index < -0.39 is 0 Å². The van der Waals surface area contributed by atoms with Crippen LogP contribution in [-0.2, 0) is 30.9 Å². The number of hydrogen-bond donors (Lipinski definition) is 1. The molecular weight excluding hydrogens is 267 g/mol. The molecule has 2 aliphatic carbocycles. The Kier molecular flexibility index (Phi) is 9.86. The molecule has 0 amide bonds. The predicted octanol–water partition coefficient (Wildman–Crippen LogP) is 1.95. The number of aliphatic hydroxyl groups excluding tert-OH is 1. The molecule has 0 unspecified atom stereocenters. The molecule has 0 fully saturated rings. The fraction of sp³-hybridized carbons (Fsp3) is 0.333. The van der Waals surface area contributed by atoms with Gasteiger partial charge >= 0.3 is 26.2 Å². The fourth-order valence-electron chi connectivity index (χ4n) is 0.979. The van der Waals surface area contributed by atoms with Gasteiger partial charge in [0.2, 0.25) is 0 Å². The zero-order valence-electron chi connectivity index (χ0n) is 8.57. The van der Waals surface area contributed by atoms with E-state index in [1.54, 1.807) is 0 Å². The van der Waals surface area contributed by atoms with Gasteiger partial charge in [-0.2, -0.15) is 18.2 Å². The van der Waals surface area contributed by atoms with Crippen LogP contribution in [0.5, 0.6) is 0 Å². The van der Waals surface area contributed by atoms with Crippen LogP contribution in [0, 0.1) is 12.2 Å². The van der Waals surface area contributed by atoms with Crippen molar-refractivity contribution in [2.75, 3.05) is 13.2 Å². The van der Waals surface area contributed by atoms with E-state index in [1.165, 1.54) is 0 Å². The largest absolute Gasteiger partial charge is 2.00 e. The van der Waals surface area contributed by atoms with Gasteiger partial charge in [0.15, 0.2) is 0 Å². The Morgan fingerprint density at radius 2 is 2.20 bits per heavy atom. The van der Waals surface area contributed by atoms with Crippen molar-refractivity contribution in [3.05, 3.63) is 48.3 Å². The molecule has 0 saturated heterocycles. The SMILES string of the molecule is OCCOC1=[C-]CC=C1.[C-]1=CC=CC1.[Zr+2]. The average molecular weight is 281 g/mol. The smallest absolute Gasteiger partial charge is 0.529 e. The summed E-state index contributed by atoms with van der Waals surface area (Å²) < 4.78 is 5.02. The van der Waals surface area contributed by atoms with Crippen molar-refractivity contribution >= 4 is 0 Å². The van der Waals surface area contributed by atoms with Gasteiger partial charge in [-0.05, 0) is 0 Å². The van der Waals surface area contributed by atoms with Gasteiger partial charge in [-0.3, -0.25) is 6.08 Å². The third kappa shape index (κ3) is 7.52. The quantitative estimate of drug-likeness (QED) is 0.801. The van der Waals surface area contributed by atoms with Crippen LogP contribution in [0.15, 0.2) is 36.1 Å². The molecule has 2 aliphatic rings. The van der Waals surface area contributed by atoms with Gasteiger partial charge in [0.25, 0.3) is 0 Å². The molecule has 0 aromatic heterocycles. The van der Waals surface area contributed by atoms with Crippen LogP contribution in [0.2, 0.25) is 0 Å². The van der Waals surface area contributed by atoms with E-state index in [-0.39, 0.29) is 32.8 Å². The minimum Gasteiger partial charge on any atom is -0.529 e. The predicted molar refractivity (Wildman–Crippen MR) is 55.1 cm³/mol. The van der Waals surface area contributed by atoms with Gasteiger partial charge in [0.05, 0.1) is 6.61 Å². The summed E-state index contributed by atoms with van der Waals surface area (Å²) >= 11 is 0. The molecule has 3 heteroatoms. The number of hydrogen-bond acceptors (Lipinski definition) is 2. The van der Waals surface area contributed by atoms with Crippen LogP contribution >= 0.6 is 0 Å². The topological polar surface area (TPSA) is 29.5 Å². The van der Waals surface area contributed by atoms with E-state index in [0.29, 0.717) is 6.61 Å². The second-order valence-corrected chi connectivity index (χ2v) is 2.72. The summed E-state index contributed by atoms with van der Waals surface area (Å²) in [6.45, 7) is 0.436.